The van der Waals surface area contributed by atoms with Crippen LogP contribution in [0.1, 0.15) is 11.3 Å². The van der Waals surface area contributed by atoms with Gasteiger partial charge in [-0.25, -0.2) is 4.21 Å². The Labute approximate surface area is 116 Å². The van der Waals surface area contributed by atoms with E-state index >= 15 is 0 Å². The normalized spacial score (nSPS) is 15.3. The van der Waals surface area contributed by atoms with Crippen LogP contribution in [0, 0.1) is 0 Å². The van der Waals surface area contributed by atoms with E-state index in [1.54, 1.807) is 12.3 Å². The molecule has 1 atom stereocenters. The van der Waals surface area contributed by atoms with Crippen LogP contribution in [-0.2, 0) is 24.1 Å². The van der Waals surface area contributed by atoms with Crippen LogP contribution in [0.5, 0.6) is 5.75 Å². The standard InChI is InChI=1S/C12H11F2N3O2S/c13-12(14)19-9-2-1-3-10(4-9)20(18)17-7-8-5-15-6-11(8)16-17/h1-4,7,12,15H,5-6H2. The maximum atomic E-state index is 12.3. The summed E-state index contributed by atoms with van der Waals surface area (Å²) in [4.78, 5) is 0.359. The average Bonchev–Trinajstić information content (AvgIpc) is 2.98. The summed E-state index contributed by atoms with van der Waals surface area (Å²) in [7, 11) is -1.58. The molecule has 0 bridgehead atoms. The summed E-state index contributed by atoms with van der Waals surface area (Å²) in [5.74, 6) is -0.0211. The van der Waals surface area contributed by atoms with Crippen molar-refractivity contribution in [1.29, 1.82) is 0 Å². The summed E-state index contributed by atoms with van der Waals surface area (Å²) < 4.78 is 42.3. The van der Waals surface area contributed by atoms with E-state index in [0.717, 1.165) is 11.3 Å². The summed E-state index contributed by atoms with van der Waals surface area (Å²) in [6, 6.07) is 5.82. The lowest BCUT2D eigenvalue weighted by Gasteiger charge is -2.06. The van der Waals surface area contributed by atoms with Crippen LogP contribution in [0.4, 0.5) is 8.78 Å². The zero-order valence-corrected chi connectivity index (χ0v) is 11.1. The van der Waals surface area contributed by atoms with Crippen molar-refractivity contribution in [2.45, 2.75) is 24.6 Å². The fourth-order valence-electron chi connectivity index (χ4n) is 1.98. The Morgan fingerprint density at radius 1 is 1.40 bits per heavy atom. The second kappa shape index (κ2) is 5.29. The maximum absolute atomic E-state index is 12.3. The molecule has 8 heteroatoms. The molecule has 3 rings (SSSR count). The lowest BCUT2D eigenvalue weighted by Crippen LogP contribution is -2.10. The Morgan fingerprint density at radius 2 is 2.25 bits per heavy atom. The first-order valence-electron chi connectivity index (χ1n) is 5.89. The number of rotatable bonds is 4. The first kappa shape index (κ1) is 13.2. The number of benzene rings is 1. The third kappa shape index (κ3) is 2.56. The SMILES string of the molecule is O=S(c1cccc(OC(F)F)c1)n1cc2c(n1)CNC2. The van der Waals surface area contributed by atoms with Gasteiger partial charge in [0, 0.05) is 24.8 Å². The van der Waals surface area contributed by atoms with Crippen LogP contribution in [0.2, 0.25) is 0 Å². The number of alkyl halides is 2. The van der Waals surface area contributed by atoms with Gasteiger partial charge < -0.3 is 10.1 Å². The minimum Gasteiger partial charge on any atom is -0.435 e. The minimum atomic E-state index is -2.90. The van der Waals surface area contributed by atoms with Crippen molar-refractivity contribution in [3.8, 4) is 5.75 Å². The van der Waals surface area contributed by atoms with Crippen molar-refractivity contribution < 1.29 is 17.7 Å². The Kier molecular flexibility index (Phi) is 3.49. The highest BCUT2D eigenvalue weighted by molar-refractivity contribution is 7.83. The maximum Gasteiger partial charge on any atom is 0.387 e. The number of hydrogen-bond acceptors (Lipinski definition) is 4. The molecule has 20 heavy (non-hydrogen) atoms. The molecule has 1 aromatic carbocycles. The summed E-state index contributed by atoms with van der Waals surface area (Å²) in [6.45, 7) is -1.56. The third-order valence-electron chi connectivity index (χ3n) is 2.87. The molecule has 0 fully saturated rings. The highest BCUT2D eigenvalue weighted by atomic mass is 32.2. The molecule has 1 unspecified atom stereocenters. The number of halogens is 2. The molecule has 1 aliphatic heterocycles. The van der Waals surface area contributed by atoms with Crippen molar-refractivity contribution in [2.24, 2.45) is 0 Å². The summed E-state index contributed by atoms with van der Waals surface area (Å²) in [5, 5.41) is 7.35. The Hall–Kier alpha value is -1.80. The number of ether oxygens (including phenoxy) is 1. The van der Waals surface area contributed by atoms with Gasteiger partial charge in [0.15, 0.2) is 11.0 Å². The van der Waals surface area contributed by atoms with E-state index in [9.17, 15) is 13.0 Å². The van der Waals surface area contributed by atoms with E-state index in [4.69, 9.17) is 0 Å². The third-order valence-corrected chi connectivity index (χ3v) is 4.05. The Balaban J connectivity index is 1.86. The Morgan fingerprint density at radius 3 is 3.00 bits per heavy atom. The summed E-state index contributed by atoms with van der Waals surface area (Å²) in [6.07, 6.45) is 1.70. The Bertz CT molecular complexity index is 638. The van der Waals surface area contributed by atoms with Crippen LogP contribution < -0.4 is 10.1 Å². The van der Waals surface area contributed by atoms with Gasteiger partial charge in [-0.2, -0.15) is 18.0 Å². The van der Waals surface area contributed by atoms with Gasteiger partial charge in [0.25, 0.3) is 0 Å². The number of hydrogen-bond donors (Lipinski definition) is 1. The molecule has 0 spiro atoms. The van der Waals surface area contributed by atoms with Crippen molar-refractivity contribution in [1.82, 2.24) is 14.5 Å². The van der Waals surface area contributed by atoms with Gasteiger partial charge in [0.05, 0.1) is 10.6 Å². The van der Waals surface area contributed by atoms with E-state index in [1.165, 1.54) is 22.3 Å². The second-order valence-electron chi connectivity index (χ2n) is 4.21. The fourth-order valence-corrected chi connectivity index (χ4v) is 3.01. The molecule has 0 radical (unpaired) electrons. The molecule has 0 aliphatic carbocycles. The first-order valence-corrected chi connectivity index (χ1v) is 6.99. The lowest BCUT2D eigenvalue weighted by molar-refractivity contribution is -0.0499. The van der Waals surface area contributed by atoms with Gasteiger partial charge in [-0.05, 0) is 18.2 Å². The summed E-state index contributed by atoms with van der Waals surface area (Å²) >= 11 is 0. The van der Waals surface area contributed by atoms with E-state index in [1.807, 2.05) is 0 Å². The van der Waals surface area contributed by atoms with E-state index < -0.39 is 17.6 Å². The molecule has 0 saturated carbocycles. The van der Waals surface area contributed by atoms with Crippen LogP contribution >= 0.6 is 0 Å². The van der Waals surface area contributed by atoms with Crippen molar-refractivity contribution in [3.63, 3.8) is 0 Å². The molecule has 0 saturated heterocycles. The van der Waals surface area contributed by atoms with Gasteiger partial charge in [-0.15, -0.1) is 0 Å². The lowest BCUT2D eigenvalue weighted by atomic mass is 10.3. The van der Waals surface area contributed by atoms with Crippen LogP contribution in [0.25, 0.3) is 0 Å². The molecule has 2 heterocycles. The molecular formula is C12H11F2N3O2S. The minimum absolute atomic E-state index is 0.0211. The summed E-state index contributed by atoms with van der Waals surface area (Å²) in [5.41, 5.74) is 1.86. The molecule has 1 aromatic heterocycles. The smallest absolute Gasteiger partial charge is 0.387 e. The molecule has 106 valence electrons. The number of nitrogens with one attached hydrogen (secondary N) is 1. The number of nitrogens with zero attached hydrogens (tertiary/aromatic N) is 2. The molecule has 5 nitrogen and oxygen atoms in total. The van der Waals surface area contributed by atoms with Gasteiger partial charge in [-0.3, -0.25) is 0 Å². The van der Waals surface area contributed by atoms with Crippen molar-refractivity contribution in [2.75, 3.05) is 0 Å². The molecule has 1 aliphatic rings. The first-order chi connectivity index (χ1) is 9.63. The van der Waals surface area contributed by atoms with Gasteiger partial charge in [0.1, 0.15) is 5.75 Å². The second-order valence-corrected chi connectivity index (χ2v) is 5.55. The highest BCUT2D eigenvalue weighted by Crippen LogP contribution is 2.20. The van der Waals surface area contributed by atoms with Gasteiger partial charge >= 0.3 is 6.61 Å². The predicted molar refractivity (Wildman–Crippen MR) is 67.7 cm³/mol. The van der Waals surface area contributed by atoms with E-state index in [-0.39, 0.29) is 5.75 Å². The topological polar surface area (TPSA) is 56.2 Å². The average molecular weight is 299 g/mol. The van der Waals surface area contributed by atoms with Crippen LogP contribution in [0.3, 0.4) is 0 Å². The van der Waals surface area contributed by atoms with Crippen molar-refractivity contribution in [3.05, 3.63) is 41.7 Å². The quantitative estimate of drug-likeness (QED) is 0.933. The van der Waals surface area contributed by atoms with Gasteiger partial charge in [0.2, 0.25) is 0 Å². The van der Waals surface area contributed by atoms with E-state index in [2.05, 4.69) is 15.2 Å². The molecule has 2 aromatic rings. The number of aromatic nitrogens is 2. The fraction of sp³-hybridized carbons (Fsp3) is 0.250. The zero-order chi connectivity index (χ0) is 14.1. The number of fused-ring (bicyclic) bond motifs is 1. The predicted octanol–water partition coefficient (Wildman–Crippen LogP) is 1.66. The van der Waals surface area contributed by atoms with E-state index in [0.29, 0.717) is 18.0 Å². The zero-order valence-electron chi connectivity index (χ0n) is 10.3. The van der Waals surface area contributed by atoms with Crippen LogP contribution in [-0.4, -0.2) is 20.0 Å². The van der Waals surface area contributed by atoms with Gasteiger partial charge in [-0.1, -0.05) is 6.07 Å². The molecular weight excluding hydrogens is 288 g/mol. The monoisotopic (exact) mass is 299 g/mol. The largest absolute Gasteiger partial charge is 0.435 e. The van der Waals surface area contributed by atoms with Crippen molar-refractivity contribution >= 4 is 11.0 Å². The molecule has 1 N–H and O–H groups in total. The van der Waals surface area contributed by atoms with Crippen LogP contribution in [0.15, 0.2) is 35.4 Å². The molecule has 0 amide bonds. The highest BCUT2D eigenvalue weighted by Gasteiger charge is 2.18.